The first-order valence-corrected chi connectivity index (χ1v) is 12.9. The molecule has 0 saturated carbocycles. The third-order valence-electron chi connectivity index (χ3n) is 5.64. The van der Waals surface area contributed by atoms with E-state index in [1.165, 1.54) is 31.5 Å². The molecule has 2 heterocycles. The summed E-state index contributed by atoms with van der Waals surface area (Å²) in [5.74, 6) is 5.44. The van der Waals surface area contributed by atoms with Gasteiger partial charge in [-0.1, -0.05) is 17.8 Å². The Bertz CT molecular complexity index is 1650. The Kier molecular flexibility index (Phi) is 9.36. The van der Waals surface area contributed by atoms with Gasteiger partial charge in [-0.15, -0.1) is 0 Å². The Morgan fingerprint density at radius 1 is 1.07 bits per heavy atom. The van der Waals surface area contributed by atoms with Crippen LogP contribution in [0.15, 0.2) is 58.7 Å². The standard InChI is InChI=1S/C28H22F4N6O2S/c1-15-10-18(38-37-15)6-7-19-13-34-26(33-2)28(36-19)41-14-35-27(39)20-8-4-16(24(29)30)11-21(20)22-12-17(25(31)32)5-9-23(22)40-3/h4-5,8-13,24-25H,2,14H2,1,3H3,(H,35,39)(H,37,38). The van der Waals surface area contributed by atoms with Gasteiger partial charge in [-0.25, -0.2) is 32.5 Å². The number of nitrogens with one attached hydrogen (secondary N) is 2. The van der Waals surface area contributed by atoms with Gasteiger partial charge in [0.2, 0.25) is 0 Å². The van der Waals surface area contributed by atoms with Gasteiger partial charge in [0.15, 0.2) is 5.82 Å². The number of rotatable bonds is 9. The third-order valence-corrected chi connectivity index (χ3v) is 6.48. The lowest BCUT2D eigenvalue weighted by molar-refractivity contribution is 0.0961. The minimum atomic E-state index is -2.85. The highest BCUT2D eigenvalue weighted by atomic mass is 32.2. The summed E-state index contributed by atoms with van der Waals surface area (Å²) in [6.07, 6.45) is -4.23. The van der Waals surface area contributed by atoms with E-state index in [-0.39, 0.29) is 45.3 Å². The van der Waals surface area contributed by atoms with Crippen molar-refractivity contribution in [1.82, 2.24) is 25.5 Å². The van der Waals surface area contributed by atoms with Crippen LogP contribution >= 0.6 is 11.8 Å². The lowest BCUT2D eigenvalue weighted by Gasteiger charge is -2.16. The van der Waals surface area contributed by atoms with E-state index in [4.69, 9.17) is 4.74 Å². The first-order chi connectivity index (χ1) is 19.7. The Balaban J connectivity index is 1.58. The molecule has 0 unspecified atom stereocenters. The van der Waals surface area contributed by atoms with Gasteiger partial charge in [-0.05, 0) is 67.4 Å². The molecule has 0 saturated heterocycles. The van der Waals surface area contributed by atoms with E-state index in [1.807, 2.05) is 6.92 Å². The maximum Gasteiger partial charge on any atom is 0.263 e. The van der Waals surface area contributed by atoms with Crippen molar-refractivity contribution in [2.75, 3.05) is 13.0 Å². The van der Waals surface area contributed by atoms with Crippen molar-refractivity contribution in [2.24, 2.45) is 4.99 Å². The van der Waals surface area contributed by atoms with E-state index in [0.717, 1.165) is 35.7 Å². The van der Waals surface area contributed by atoms with E-state index in [2.05, 4.69) is 49.0 Å². The molecule has 2 N–H and O–H groups in total. The van der Waals surface area contributed by atoms with E-state index in [0.29, 0.717) is 16.4 Å². The molecule has 2 aromatic carbocycles. The number of aromatic amines is 1. The molecule has 4 aromatic rings. The molecule has 13 heteroatoms. The zero-order chi connectivity index (χ0) is 29.5. The summed E-state index contributed by atoms with van der Waals surface area (Å²) in [5, 5.41) is 9.85. The van der Waals surface area contributed by atoms with E-state index in [1.54, 1.807) is 6.07 Å². The fourth-order valence-electron chi connectivity index (χ4n) is 3.70. The molecule has 0 atom stereocenters. The van der Waals surface area contributed by atoms with Crippen LogP contribution in [0.4, 0.5) is 23.4 Å². The number of carbonyl (C=O) groups is 1. The summed E-state index contributed by atoms with van der Waals surface area (Å²) < 4.78 is 59.2. The highest BCUT2D eigenvalue weighted by Gasteiger charge is 2.21. The monoisotopic (exact) mass is 582 g/mol. The largest absolute Gasteiger partial charge is 0.496 e. The van der Waals surface area contributed by atoms with Crippen LogP contribution in [0, 0.1) is 18.8 Å². The SMILES string of the molecule is C=Nc1ncc(C#Cc2cc(C)[nH]n2)nc1SCNC(=O)c1ccc(C(F)F)cc1-c1cc(C(F)F)ccc1OC. The van der Waals surface area contributed by atoms with Gasteiger partial charge in [0.05, 0.1) is 19.2 Å². The summed E-state index contributed by atoms with van der Waals surface area (Å²) in [5.41, 5.74) is 1.07. The first-order valence-electron chi connectivity index (χ1n) is 11.9. The number of carbonyl (C=O) groups excluding carboxylic acids is 1. The average molecular weight is 583 g/mol. The zero-order valence-electron chi connectivity index (χ0n) is 21.7. The molecule has 41 heavy (non-hydrogen) atoms. The lowest BCUT2D eigenvalue weighted by atomic mass is 9.94. The number of methoxy groups -OCH3 is 1. The number of thioether (sulfide) groups is 1. The second-order valence-corrected chi connectivity index (χ2v) is 9.35. The number of aliphatic imine (C=N–C) groups is 1. The Morgan fingerprint density at radius 2 is 1.76 bits per heavy atom. The number of amides is 1. The van der Waals surface area contributed by atoms with Crippen LogP contribution in [0.25, 0.3) is 11.1 Å². The molecule has 4 rings (SSSR count). The number of nitrogens with zero attached hydrogens (tertiary/aromatic N) is 4. The molecule has 0 bridgehead atoms. The molecule has 210 valence electrons. The van der Waals surface area contributed by atoms with Gasteiger partial charge in [-0.2, -0.15) is 5.10 Å². The number of H-pyrrole nitrogens is 1. The molecule has 0 radical (unpaired) electrons. The van der Waals surface area contributed by atoms with E-state index in [9.17, 15) is 22.4 Å². The van der Waals surface area contributed by atoms with Crippen LogP contribution in [0.3, 0.4) is 0 Å². The third kappa shape index (κ3) is 7.09. The topological polar surface area (TPSA) is 105 Å². The lowest BCUT2D eigenvalue weighted by Crippen LogP contribution is -2.23. The summed E-state index contributed by atoms with van der Waals surface area (Å²) in [6.45, 7) is 5.33. The minimum absolute atomic E-state index is 0.0122. The number of hydrogen-bond acceptors (Lipinski definition) is 7. The predicted octanol–water partition coefficient (Wildman–Crippen LogP) is 6.27. The molecule has 0 aliphatic heterocycles. The van der Waals surface area contributed by atoms with Gasteiger partial charge in [0.1, 0.15) is 22.2 Å². The fraction of sp³-hybridized carbons (Fsp3) is 0.179. The van der Waals surface area contributed by atoms with Crippen LogP contribution in [0.2, 0.25) is 0 Å². The molecular formula is C28H22F4N6O2S. The van der Waals surface area contributed by atoms with Crippen molar-refractivity contribution in [3.05, 3.63) is 82.4 Å². The van der Waals surface area contributed by atoms with Crippen molar-refractivity contribution >= 4 is 30.2 Å². The Hall–Kier alpha value is -4.70. The van der Waals surface area contributed by atoms with Gasteiger partial charge >= 0.3 is 0 Å². The van der Waals surface area contributed by atoms with E-state index >= 15 is 0 Å². The summed E-state index contributed by atoms with van der Waals surface area (Å²) in [6, 6.07) is 8.77. The average Bonchev–Trinajstić information content (AvgIpc) is 3.40. The summed E-state index contributed by atoms with van der Waals surface area (Å²) in [4.78, 5) is 25.7. The number of hydrogen-bond donors (Lipinski definition) is 2. The summed E-state index contributed by atoms with van der Waals surface area (Å²) >= 11 is 1.09. The highest BCUT2D eigenvalue weighted by molar-refractivity contribution is 7.99. The molecule has 0 aliphatic carbocycles. The van der Waals surface area contributed by atoms with Gasteiger partial charge in [0, 0.05) is 27.9 Å². The maximum absolute atomic E-state index is 13.5. The van der Waals surface area contributed by atoms with Crippen molar-refractivity contribution in [3.63, 3.8) is 0 Å². The van der Waals surface area contributed by atoms with E-state index < -0.39 is 18.8 Å². The quantitative estimate of drug-likeness (QED) is 0.0793. The van der Waals surface area contributed by atoms with Crippen LogP contribution in [0.5, 0.6) is 5.75 Å². The zero-order valence-corrected chi connectivity index (χ0v) is 22.5. The van der Waals surface area contributed by atoms with Crippen molar-refractivity contribution in [3.8, 4) is 28.7 Å². The fourth-order valence-corrected chi connectivity index (χ4v) is 4.45. The predicted molar refractivity (Wildman–Crippen MR) is 147 cm³/mol. The van der Waals surface area contributed by atoms with Crippen LogP contribution in [0.1, 0.15) is 51.4 Å². The molecule has 8 nitrogen and oxygen atoms in total. The van der Waals surface area contributed by atoms with Gasteiger partial charge in [0.25, 0.3) is 18.8 Å². The first kappa shape index (κ1) is 29.3. The number of benzene rings is 2. The van der Waals surface area contributed by atoms with Crippen molar-refractivity contribution in [1.29, 1.82) is 0 Å². The minimum Gasteiger partial charge on any atom is -0.496 e. The number of ether oxygens (including phenoxy) is 1. The second-order valence-electron chi connectivity index (χ2n) is 8.39. The smallest absolute Gasteiger partial charge is 0.263 e. The Morgan fingerprint density at radius 3 is 2.39 bits per heavy atom. The molecule has 0 aliphatic rings. The number of alkyl halides is 4. The van der Waals surface area contributed by atoms with Crippen LogP contribution in [-0.2, 0) is 0 Å². The number of aromatic nitrogens is 4. The summed E-state index contributed by atoms with van der Waals surface area (Å²) in [7, 11) is 1.31. The molecule has 1 amide bonds. The van der Waals surface area contributed by atoms with Gasteiger partial charge < -0.3 is 10.1 Å². The number of aryl methyl sites for hydroxylation is 1. The van der Waals surface area contributed by atoms with Crippen LogP contribution in [-0.4, -0.2) is 45.8 Å². The second kappa shape index (κ2) is 13.1. The van der Waals surface area contributed by atoms with Crippen molar-refractivity contribution < 1.29 is 27.1 Å². The molecular weight excluding hydrogens is 560 g/mol. The molecule has 0 fully saturated rings. The molecule has 0 spiro atoms. The maximum atomic E-state index is 13.5. The van der Waals surface area contributed by atoms with Gasteiger partial charge in [-0.3, -0.25) is 9.89 Å². The number of halogens is 4. The van der Waals surface area contributed by atoms with Crippen molar-refractivity contribution in [2.45, 2.75) is 24.8 Å². The van der Waals surface area contributed by atoms with Crippen LogP contribution < -0.4 is 10.1 Å². The Labute approximate surface area is 236 Å². The normalized spacial score (nSPS) is 10.8. The molecule has 2 aromatic heterocycles. The highest BCUT2D eigenvalue weighted by Crippen LogP contribution is 2.37.